The predicted octanol–water partition coefficient (Wildman–Crippen LogP) is 3.88. The number of rotatable bonds is 8. The minimum absolute atomic E-state index is 0.0450. The molecule has 2 N–H and O–H groups in total. The molecule has 0 spiro atoms. The largest absolute Gasteiger partial charge is 0.516 e. The molecule has 0 unspecified atom stereocenters. The topological polar surface area (TPSA) is 122 Å². The molecule has 0 aliphatic rings. The van der Waals surface area contributed by atoms with Gasteiger partial charge in [-0.05, 0) is 31.5 Å². The zero-order chi connectivity index (χ0) is 22.8. The molecule has 9 nitrogen and oxygen atoms in total. The van der Waals surface area contributed by atoms with Gasteiger partial charge in [-0.3, -0.25) is 9.71 Å². The molecular formula is C17H22F3N7O2S. The van der Waals surface area contributed by atoms with Gasteiger partial charge < -0.3 is 10.2 Å². The van der Waals surface area contributed by atoms with Gasteiger partial charge in [0.25, 0.3) is 0 Å². The van der Waals surface area contributed by atoms with Crippen LogP contribution in [0.2, 0.25) is 0 Å². The smallest absolute Gasteiger partial charge is 0.372 e. The van der Waals surface area contributed by atoms with E-state index in [-0.39, 0.29) is 17.3 Å². The highest BCUT2D eigenvalue weighted by Crippen LogP contribution is 2.34. The molecule has 0 fully saturated rings. The molecule has 0 aliphatic heterocycles. The van der Waals surface area contributed by atoms with Gasteiger partial charge in [-0.1, -0.05) is 6.92 Å². The van der Waals surface area contributed by atoms with Crippen LogP contribution < -0.4 is 14.9 Å². The molecule has 1 aromatic rings. The SMILES string of the molecule is CCCN(CC)c1ccc(N=NC(=NC)N/C=C/C#N)c(NS(=O)(=O)C(F)(F)F)c1. The Morgan fingerprint density at radius 2 is 2.03 bits per heavy atom. The van der Waals surface area contributed by atoms with Crippen molar-refractivity contribution in [2.24, 2.45) is 15.2 Å². The van der Waals surface area contributed by atoms with Crippen LogP contribution in [0.3, 0.4) is 0 Å². The van der Waals surface area contributed by atoms with E-state index in [0.717, 1.165) is 12.5 Å². The number of nitrogens with one attached hydrogen (secondary N) is 2. The highest BCUT2D eigenvalue weighted by molar-refractivity contribution is 7.93. The zero-order valence-electron chi connectivity index (χ0n) is 16.6. The Morgan fingerprint density at radius 3 is 2.57 bits per heavy atom. The molecule has 13 heteroatoms. The number of guanidine groups is 1. The van der Waals surface area contributed by atoms with E-state index in [9.17, 15) is 21.6 Å². The monoisotopic (exact) mass is 445 g/mol. The molecule has 30 heavy (non-hydrogen) atoms. The number of nitrogens with zero attached hydrogens (tertiary/aromatic N) is 5. The van der Waals surface area contributed by atoms with Crippen LogP contribution in [0.1, 0.15) is 20.3 Å². The molecule has 164 valence electrons. The van der Waals surface area contributed by atoms with Crippen LogP contribution in [0, 0.1) is 11.3 Å². The van der Waals surface area contributed by atoms with Gasteiger partial charge in [0.2, 0.25) is 5.96 Å². The molecule has 0 aromatic heterocycles. The number of hydrogen-bond acceptors (Lipinski definition) is 6. The number of alkyl halides is 3. The second-order valence-electron chi connectivity index (χ2n) is 5.69. The third kappa shape index (κ3) is 7.03. The summed E-state index contributed by atoms with van der Waals surface area (Å²) >= 11 is 0. The fourth-order valence-corrected chi connectivity index (χ4v) is 2.79. The lowest BCUT2D eigenvalue weighted by Crippen LogP contribution is -2.30. The van der Waals surface area contributed by atoms with Crippen LogP contribution in [0.25, 0.3) is 0 Å². The van der Waals surface area contributed by atoms with Crippen LogP contribution in [0.5, 0.6) is 0 Å². The van der Waals surface area contributed by atoms with Crippen molar-refractivity contribution in [1.82, 2.24) is 5.32 Å². The van der Waals surface area contributed by atoms with Crippen molar-refractivity contribution in [3.63, 3.8) is 0 Å². The van der Waals surface area contributed by atoms with E-state index in [2.05, 4.69) is 20.5 Å². The Hall–Kier alpha value is -3.14. The van der Waals surface area contributed by atoms with E-state index in [1.807, 2.05) is 18.7 Å². The Labute approximate surface area is 173 Å². The van der Waals surface area contributed by atoms with Crippen molar-refractivity contribution in [3.05, 3.63) is 30.5 Å². The van der Waals surface area contributed by atoms with E-state index < -0.39 is 15.5 Å². The van der Waals surface area contributed by atoms with E-state index >= 15 is 0 Å². The first kappa shape index (κ1) is 24.9. The first-order valence-corrected chi connectivity index (χ1v) is 10.3. The van der Waals surface area contributed by atoms with Gasteiger partial charge in [0.1, 0.15) is 5.69 Å². The fraction of sp³-hybridized carbons (Fsp3) is 0.412. The average molecular weight is 445 g/mol. The number of nitriles is 1. The first-order chi connectivity index (χ1) is 14.1. The average Bonchev–Trinajstić information content (AvgIpc) is 2.68. The summed E-state index contributed by atoms with van der Waals surface area (Å²) < 4.78 is 63.4. The van der Waals surface area contributed by atoms with Crippen molar-refractivity contribution in [1.29, 1.82) is 5.26 Å². The third-order valence-electron chi connectivity index (χ3n) is 3.60. The normalized spacial score (nSPS) is 12.9. The van der Waals surface area contributed by atoms with E-state index in [4.69, 9.17) is 5.26 Å². The molecular weight excluding hydrogens is 423 g/mol. The molecule has 1 aromatic carbocycles. The molecule has 0 bridgehead atoms. The maximum absolute atomic E-state index is 12.9. The molecule has 0 amide bonds. The fourth-order valence-electron chi connectivity index (χ4n) is 2.22. The molecule has 0 radical (unpaired) electrons. The van der Waals surface area contributed by atoms with Crippen LogP contribution in [0.4, 0.5) is 30.2 Å². The number of allylic oxidation sites excluding steroid dienone is 1. The Morgan fingerprint density at radius 1 is 1.33 bits per heavy atom. The maximum atomic E-state index is 12.9. The van der Waals surface area contributed by atoms with Crippen molar-refractivity contribution >= 4 is 33.0 Å². The van der Waals surface area contributed by atoms with Crippen LogP contribution in [0.15, 0.2) is 45.7 Å². The van der Waals surface area contributed by atoms with Gasteiger partial charge in [-0.2, -0.15) is 26.9 Å². The second-order valence-corrected chi connectivity index (χ2v) is 7.36. The van der Waals surface area contributed by atoms with Crippen LogP contribution in [-0.4, -0.2) is 40.0 Å². The number of halogens is 3. The molecule has 1 rings (SSSR count). The summed E-state index contributed by atoms with van der Waals surface area (Å²) in [7, 11) is -4.28. The summed E-state index contributed by atoms with van der Waals surface area (Å²) in [6.07, 6.45) is 3.14. The van der Waals surface area contributed by atoms with Crippen LogP contribution >= 0.6 is 0 Å². The van der Waals surface area contributed by atoms with Gasteiger partial charge in [-0.15, -0.1) is 10.2 Å². The minimum Gasteiger partial charge on any atom is -0.372 e. The molecule has 0 saturated heterocycles. The number of hydrogen-bond donors (Lipinski definition) is 2. The zero-order valence-corrected chi connectivity index (χ0v) is 17.4. The van der Waals surface area contributed by atoms with Gasteiger partial charge in [0.05, 0.1) is 11.8 Å². The summed E-state index contributed by atoms with van der Waals surface area (Å²) in [5, 5.41) is 18.6. The second kappa shape index (κ2) is 11.1. The lowest BCUT2D eigenvalue weighted by Gasteiger charge is -2.23. The van der Waals surface area contributed by atoms with E-state index in [1.165, 1.54) is 30.1 Å². The number of sulfonamides is 1. The highest BCUT2D eigenvalue weighted by atomic mass is 32.2. The number of anilines is 2. The first-order valence-electron chi connectivity index (χ1n) is 8.77. The molecule has 0 aliphatic carbocycles. The van der Waals surface area contributed by atoms with Crippen molar-refractivity contribution < 1.29 is 21.6 Å². The van der Waals surface area contributed by atoms with Gasteiger partial charge in [0, 0.05) is 38.1 Å². The van der Waals surface area contributed by atoms with E-state index in [1.54, 1.807) is 12.1 Å². The third-order valence-corrected chi connectivity index (χ3v) is 4.70. The standard InChI is InChI=1S/C17H22F3N7O2S/c1-4-11-27(5-2)13-7-8-14(24-25-16(22-3)23-10-6-9-21)15(12-13)26-30(28,29)17(18,19)20/h6-8,10,12,26H,4-5,11H2,1-3H3,(H,22,23)/b10-6+,25-24?. The van der Waals surface area contributed by atoms with Gasteiger partial charge >= 0.3 is 15.5 Å². The molecule has 0 saturated carbocycles. The number of aliphatic imine (C=N–C) groups is 1. The minimum atomic E-state index is -5.66. The lowest BCUT2D eigenvalue weighted by molar-refractivity contribution is -0.0429. The Bertz CT molecular complexity index is 951. The Kier molecular flexibility index (Phi) is 9.25. The molecule has 0 heterocycles. The van der Waals surface area contributed by atoms with Crippen molar-refractivity contribution in [3.8, 4) is 6.07 Å². The van der Waals surface area contributed by atoms with Crippen LogP contribution in [-0.2, 0) is 10.0 Å². The number of benzene rings is 1. The summed E-state index contributed by atoms with van der Waals surface area (Å²) in [5.74, 6) is -0.0450. The molecule has 0 atom stereocenters. The maximum Gasteiger partial charge on any atom is 0.516 e. The Balaban J connectivity index is 3.38. The summed E-state index contributed by atoms with van der Waals surface area (Å²) in [5.41, 5.74) is -5.50. The summed E-state index contributed by atoms with van der Waals surface area (Å²) in [6, 6.07) is 5.96. The van der Waals surface area contributed by atoms with E-state index in [0.29, 0.717) is 18.8 Å². The predicted molar refractivity (Wildman–Crippen MR) is 109 cm³/mol. The van der Waals surface area contributed by atoms with Gasteiger partial charge in [-0.25, -0.2) is 0 Å². The summed E-state index contributed by atoms with van der Waals surface area (Å²) in [4.78, 5) is 5.63. The highest BCUT2D eigenvalue weighted by Gasteiger charge is 2.46. The van der Waals surface area contributed by atoms with Gasteiger partial charge in [0.15, 0.2) is 0 Å². The van der Waals surface area contributed by atoms with Crippen molar-refractivity contribution in [2.75, 3.05) is 29.8 Å². The lowest BCUT2D eigenvalue weighted by atomic mass is 10.2. The quantitative estimate of drug-likeness (QED) is 0.272. The summed E-state index contributed by atoms with van der Waals surface area (Å²) in [6.45, 7) is 5.01. The number of azo groups is 1. The van der Waals surface area contributed by atoms with Crippen molar-refractivity contribution in [2.45, 2.75) is 25.8 Å².